The van der Waals surface area contributed by atoms with Crippen molar-refractivity contribution in [3.8, 4) is 5.75 Å². The van der Waals surface area contributed by atoms with Crippen LogP contribution in [0, 0.1) is 6.92 Å². The van der Waals surface area contributed by atoms with Crippen molar-refractivity contribution in [3.05, 3.63) is 82.5 Å². The minimum atomic E-state index is -0.246. The summed E-state index contributed by atoms with van der Waals surface area (Å²) < 4.78 is 5.29. The van der Waals surface area contributed by atoms with Crippen LogP contribution in [0.5, 0.6) is 5.75 Å². The van der Waals surface area contributed by atoms with Crippen molar-refractivity contribution >= 4 is 29.0 Å². The van der Waals surface area contributed by atoms with Gasteiger partial charge in [0.2, 0.25) is 0 Å². The first kappa shape index (κ1) is 18.7. The van der Waals surface area contributed by atoms with E-state index in [0.717, 1.165) is 11.1 Å². The number of aromatic nitrogens is 1. The van der Waals surface area contributed by atoms with Crippen LogP contribution >= 0.6 is 11.6 Å². The van der Waals surface area contributed by atoms with Crippen molar-refractivity contribution in [1.29, 1.82) is 0 Å². The molecule has 138 valence electrons. The first-order chi connectivity index (χ1) is 13.1. The monoisotopic (exact) mass is 381 g/mol. The van der Waals surface area contributed by atoms with Crippen LogP contribution in [0.2, 0.25) is 5.02 Å². The van der Waals surface area contributed by atoms with Crippen LogP contribution in [-0.4, -0.2) is 18.0 Å². The summed E-state index contributed by atoms with van der Waals surface area (Å²) in [6.45, 7) is 2.51. The summed E-state index contributed by atoms with van der Waals surface area (Å²) >= 11 is 6.15. The molecular formula is C21H20ClN3O2. The van der Waals surface area contributed by atoms with Crippen molar-refractivity contribution in [2.24, 2.45) is 0 Å². The molecule has 0 unspecified atom stereocenters. The third-order valence-electron chi connectivity index (χ3n) is 4.05. The normalized spacial score (nSPS) is 10.3. The van der Waals surface area contributed by atoms with E-state index in [-0.39, 0.29) is 5.91 Å². The van der Waals surface area contributed by atoms with E-state index in [0.29, 0.717) is 34.4 Å². The fourth-order valence-electron chi connectivity index (χ4n) is 2.57. The molecule has 1 aromatic heterocycles. The van der Waals surface area contributed by atoms with Gasteiger partial charge < -0.3 is 15.4 Å². The minimum absolute atomic E-state index is 0.246. The number of nitrogens with one attached hydrogen (secondary N) is 2. The van der Waals surface area contributed by atoms with Gasteiger partial charge in [-0.3, -0.25) is 4.79 Å². The maximum Gasteiger partial charge on any atom is 0.257 e. The fraction of sp³-hybridized carbons (Fsp3) is 0.143. The molecule has 2 aromatic carbocycles. The van der Waals surface area contributed by atoms with Crippen LogP contribution in [0.4, 0.5) is 11.5 Å². The van der Waals surface area contributed by atoms with Crippen molar-refractivity contribution < 1.29 is 9.53 Å². The van der Waals surface area contributed by atoms with E-state index in [4.69, 9.17) is 16.3 Å². The Balaban J connectivity index is 1.65. The van der Waals surface area contributed by atoms with Gasteiger partial charge in [0.1, 0.15) is 11.6 Å². The van der Waals surface area contributed by atoms with Crippen LogP contribution in [0.25, 0.3) is 0 Å². The number of hydrogen-bond acceptors (Lipinski definition) is 4. The van der Waals surface area contributed by atoms with E-state index in [2.05, 4.69) is 15.6 Å². The predicted molar refractivity (Wildman–Crippen MR) is 109 cm³/mol. The molecule has 0 aliphatic rings. The average Bonchev–Trinajstić information content (AvgIpc) is 2.68. The molecule has 5 nitrogen and oxygen atoms in total. The highest BCUT2D eigenvalue weighted by atomic mass is 35.5. The maximum absolute atomic E-state index is 12.5. The average molecular weight is 382 g/mol. The first-order valence-electron chi connectivity index (χ1n) is 8.46. The third kappa shape index (κ3) is 4.77. The molecule has 27 heavy (non-hydrogen) atoms. The van der Waals surface area contributed by atoms with E-state index in [1.54, 1.807) is 19.2 Å². The lowest BCUT2D eigenvalue weighted by molar-refractivity contribution is 0.102. The van der Waals surface area contributed by atoms with Gasteiger partial charge in [0.05, 0.1) is 18.4 Å². The summed E-state index contributed by atoms with van der Waals surface area (Å²) in [5.41, 5.74) is 3.10. The molecule has 0 spiro atoms. The predicted octanol–water partition coefficient (Wildman–Crippen LogP) is 4.92. The Bertz CT molecular complexity index is 942. The second kappa shape index (κ2) is 8.56. The molecule has 0 fully saturated rings. The third-order valence-corrected chi connectivity index (χ3v) is 4.42. The molecule has 0 aliphatic heterocycles. The summed E-state index contributed by atoms with van der Waals surface area (Å²) in [4.78, 5) is 16.8. The zero-order valence-corrected chi connectivity index (χ0v) is 15.9. The van der Waals surface area contributed by atoms with E-state index < -0.39 is 0 Å². The molecule has 1 heterocycles. The SMILES string of the molecule is COc1ccc(C)cc1NC(=O)c1ccc(NCc2ccccc2Cl)nc1. The number of halogens is 1. The molecule has 2 N–H and O–H groups in total. The van der Waals surface area contributed by atoms with Gasteiger partial charge in [-0.15, -0.1) is 0 Å². The van der Waals surface area contributed by atoms with Gasteiger partial charge in [-0.2, -0.15) is 0 Å². The molecule has 3 aromatic rings. The second-order valence-corrected chi connectivity index (χ2v) is 6.44. The van der Waals surface area contributed by atoms with Gasteiger partial charge in [-0.25, -0.2) is 4.98 Å². The number of hydrogen-bond donors (Lipinski definition) is 2. The van der Waals surface area contributed by atoms with Gasteiger partial charge in [-0.1, -0.05) is 35.9 Å². The van der Waals surface area contributed by atoms with E-state index >= 15 is 0 Å². The Morgan fingerprint density at radius 2 is 1.96 bits per heavy atom. The van der Waals surface area contributed by atoms with Gasteiger partial charge >= 0.3 is 0 Å². The standard InChI is InChI=1S/C21H20ClN3O2/c1-14-7-9-19(27-2)18(11-14)25-21(26)16-8-10-20(24-13-16)23-12-15-5-3-4-6-17(15)22/h3-11,13H,12H2,1-2H3,(H,23,24)(H,25,26). The molecular weight excluding hydrogens is 362 g/mol. The lowest BCUT2D eigenvalue weighted by atomic mass is 10.2. The molecule has 0 atom stereocenters. The summed E-state index contributed by atoms with van der Waals surface area (Å²) in [5.74, 6) is 1.03. The number of carbonyl (C=O) groups is 1. The molecule has 0 bridgehead atoms. The number of anilines is 2. The number of carbonyl (C=O) groups excluding carboxylic acids is 1. The smallest absolute Gasteiger partial charge is 0.257 e. The summed E-state index contributed by atoms with van der Waals surface area (Å²) in [5, 5.41) is 6.76. The number of pyridine rings is 1. The first-order valence-corrected chi connectivity index (χ1v) is 8.84. The van der Waals surface area contributed by atoms with Crippen molar-refractivity contribution in [2.45, 2.75) is 13.5 Å². The largest absolute Gasteiger partial charge is 0.495 e. The van der Waals surface area contributed by atoms with Crippen LogP contribution < -0.4 is 15.4 Å². The number of ether oxygens (including phenoxy) is 1. The summed E-state index contributed by atoms with van der Waals surface area (Å²) in [6, 6.07) is 16.7. The zero-order valence-electron chi connectivity index (χ0n) is 15.1. The molecule has 0 radical (unpaired) electrons. The van der Waals surface area contributed by atoms with E-state index in [1.807, 2.05) is 49.4 Å². The zero-order chi connectivity index (χ0) is 19.2. The van der Waals surface area contributed by atoms with Crippen molar-refractivity contribution in [2.75, 3.05) is 17.7 Å². The number of amides is 1. The molecule has 0 aliphatic carbocycles. The Morgan fingerprint density at radius 3 is 2.67 bits per heavy atom. The lowest BCUT2D eigenvalue weighted by Gasteiger charge is -2.11. The Labute approximate surface area is 163 Å². The van der Waals surface area contributed by atoms with E-state index in [1.165, 1.54) is 6.20 Å². The number of benzene rings is 2. The lowest BCUT2D eigenvalue weighted by Crippen LogP contribution is -2.13. The molecule has 3 rings (SSSR count). The molecule has 1 amide bonds. The molecule has 6 heteroatoms. The van der Waals surface area contributed by atoms with Gasteiger partial charge in [0.25, 0.3) is 5.91 Å². The van der Waals surface area contributed by atoms with Crippen molar-refractivity contribution in [3.63, 3.8) is 0 Å². The van der Waals surface area contributed by atoms with Gasteiger partial charge in [0, 0.05) is 17.8 Å². The van der Waals surface area contributed by atoms with Crippen LogP contribution in [0.15, 0.2) is 60.8 Å². The highest BCUT2D eigenvalue weighted by Crippen LogP contribution is 2.25. The fourth-order valence-corrected chi connectivity index (χ4v) is 2.78. The van der Waals surface area contributed by atoms with Crippen LogP contribution in [-0.2, 0) is 6.54 Å². The maximum atomic E-state index is 12.5. The Hall–Kier alpha value is -3.05. The van der Waals surface area contributed by atoms with Crippen LogP contribution in [0.1, 0.15) is 21.5 Å². The number of methoxy groups -OCH3 is 1. The molecule has 0 saturated carbocycles. The van der Waals surface area contributed by atoms with Crippen LogP contribution in [0.3, 0.4) is 0 Å². The minimum Gasteiger partial charge on any atom is -0.495 e. The molecule has 0 saturated heterocycles. The van der Waals surface area contributed by atoms with Gasteiger partial charge in [-0.05, 0) is 48.4 Å². The Kier molecular flexibility index (Phi) is 5.94. The highest BCUT2D eigenvalue weighted by Gasteiger charge is 2.11. The second-order valence-electron chi connectivity index (χ2n) is 6.03. The topological polar surface area (TPSA) is 63.2 Å². The van der Waals surface area contributed by atoms with E-state index in [9.17, 15) is 4.79 Å². The number of aryl methyl sites for hydroxylation is 1. The Morgan fingerprint density at radius 1 is 1.15 bits per heavy atom. The van der Waals surface area contributed by atoms with Crippen molar-refractivity contribution in [1.82, 2.24) is 4.98 Å². The number of nitrogens with zero attached hydrogens (tertiary/aromatic N) is 1. The highest BCUT2D eigenvalue weighted by molar-refractivity contribution is 6.31. The quantitative estimate of drug-likeness (QED) is 0.636. The summed E-state index contributed by atoms with van der Waals surface area (Å²) in [6.07, 6.45) is 1.53. The van der Waals surface area contributed by atoms with Gasteiger partial charge in [0.15, 0.2) is 0 Å². The summed E-state index contributed by atoms with van der Waals surface area (Å²) in [7, 11) is 1.57. The number of rotatable bonds is 6.